The van der Waals surface area contributed by atoms with E-state index in [2.05, 4.69) is 10.1 Å². The van der Waals surface area contributed by atoms with Gasteiger partial charge < -0.3 is 10.3 Å². The molecule has 1 aromatic heterocycles. The second kappa shape index (κ2) is 4.30. The molecule has 0 bridgehead atoms. The summed E-state index contributed by atoms with van der Waals surface area (Å²) in [6.45, 7) is 5.93. The number of nitrogens with zero attached hydrogens (tertiary/aromatic N) is 2. The molecule has 4 nitrogen and oxygen atoms in total. The van der Waals surface area contributed by atoms with Crippen molar-refractivity contribution in [1.82, 2.24) is 10.1 Å². The molecule has 4 heteroatoms. The van der Waals surface area contributed by atoms with E-state index in [1.807, 2.05) is 45.0 Å². The Morgan fingerprint density at radius 2 is 2.18 bits per heavy atom. The normalized spacial score (nSPS) is 14.6. The molecule has 1 aromatic carbocycles. The molecule has 1 heterocycles. The van der Waals surface area contributed by atoms with Crippen LogP contribution < -0.4 is 5.73 Å². The molecule has 2 N–H and O–H groups in total. The molecule has 0 aliphatic rings. The molecule has 2 rings (SSSR count). The summed E-state index contributed by atoms with van der Waals surface area (Å²) in [5.41, 5.74) is 7.62. The monoisotopic (exact) mass is 231 g/mol. The van der Waals surface area contributed by atoms with Crippen LogP contribution in [-0.4, -0.2) is 10.1 Å². The molecule has 0 amide bonds. The summed E-state index contributed by atoms with van der Waals surface area (Å²) < 4.78 is 5.25. The summed E-state index contributed by atoms with van der Waals surface area (Å²) in [5.74, 6) is 1.07. The molecule has 2 aromatic rings. The van der Waals surface area contributed by atoms with Crippen molar-refractivity contribution >= 4 is 0 Å². The fourth-order valence-electron chi connectivity index (χ4n) is 1.51. The Balaban J connectivity index is 2.36. The summed E-state index contributed by atoms with van der Waals surface area (Å²) in [6, 6.07) is 7.96. The molecular weight excluding hydrogens is 214 g/mol. The first-order valence-electron chi connectivity index (χ1n) is 5.73. The Morgan fingerprint density at radius 1 is 1.41 bits per heavy atom. The van der Waals surface area contributed by atoms with E-state index in [9.17, 15) is 0 Å². The largest absolute Gasteiger partial charge is 0.334 e. The number of nitrogens with two attached hydrogens (primary N) is 1. The molecule has 90 valence electrons. The third-order valence-corrected chi connectivity index (χ3v) is 2.94. The van der Waals surface area contributed by atoms with Gasteiger partial charge in [0.15, 0.2) is 5.82 Å². The van der Waals surface area contributed by atoms with Crippen molar-refractivity contribution in [3.05, 3.63) is 35.7 Å². The van der Waals surface area contributed by atoms with Crippen molar-refractivity contribution in [3.8, 4) is 11.5 Å². The highest BCUT2D eigenvalue weighted by Crippen LogP contribution is 2.23. The van der Waals surface area contributed by atoms with Crippen LogP contribution in [0.4, 0.5) is 0 Å². The van der Waals surface area contributed by atoms with Crippen LogP contribution in [0.15, 0.2) is 28.8 Å². The van der Waals surface area contributed by atoms with Gasteiger partial charge in [0.2, 0.25) is 0 Å². The molecule has 0 fully saturated rings. The highest BCUT2D eigenvalue weighted by molar-refractivity contribution is 5.53. The summed E-state index contributed by atoms with van der Waals surface area (Å²) in [4.78, 5) is 4.36. The molecular formula is C13H17N3O. The van der Waals surface area contributed by atoms with Crippen LogP contribution >= 0.6 is 0 Å². The molecule has 17 heavy (non-hydrogen) atoms. The van der Waals surface area contributed by atoms with Gasteiger partial charge in [-0.1, -0.05) is 29.8 Å². The van der Waals surface area contributed by atoms with E-state index in [-0.39, 0.29) is 0 Å². The zero-order chi connectivity index (χ0) is 12.5. The molecule has 0 aliphatic heterocycles. The van der Waals surface area contributed by atoms with Crippen molar-refractivity contribution in [3.63, 3.8) is 0 Å². The summed E-state index contributed by atoms with van der Waals surface area (Å²) in [6.07, 6.45) is 0.764. The Morgan fingerprint density at radius 3 is 2.82 bits per heavy atom. The molecule has 0 saturated carbocycles. The van der Waals surface area contributed by atoms with Crippen molar-refractivity contribution in [1.29, 1.82) is 0 Å². The lowest BCUT2D eigenvalue weighted by molar-refractivity contribution is 0.379. The van der Waals surface area contributed by atoms with Gasteiger partial charge in [-0.05, 0) is 32.4 Å². The maximum Gasteiger partial charge on any atom is 0.257 e. The highest BCUT2D eigenvalue weighted by Gasteiger charge is 2.25. The number of hydrogen-bond acceptors (Lipinski definition) is 4. The molecule has 0 radical (unpaired) electrons. The fraction of sp³-hybridized carbons (Fsp3) is 0.385. The Hall–Kier alpha value is -1.68. The first-order valence-corrected chi connectivity index (χ1v) is 5.73. The number of hydrogen-bond donors (Lipinski definition) is 1. The molecule has 1 unspecified atom stereocenters. The molecule has 0 saturated heterocycles. The van der Waals surface area contributed by atoms with Crippen molar-refractivity contribution in [2.75, 3.05) is 0 Å². The number of benzene rings is 1. The van der Waals surface area contributed by atoms with Crippen LogP contribution in [0.3, 0.4) is 0 Å². The lowest BCUT2D eigenvalue weighted by Crippen LogP contribution is -2.33. The molecule has 0 spiro atoms. The van der Waals surface area contributed by atoms with Crippen LogP contribution in [0, 0.1) is 6.92 Å². The predicted molar refractivity (Wildman–Crippen MR) is 66.3 cm³/mol. The van der Waals surface area contributed by atoms with Crippen LogP contribution in [-0.2, 0) is 5.54 Å². The van der Waals surface area contributed by atoms with Gasteiger partial charge in [-0.2, -0.15) is 4.98 Å². The zero-order valence-electron chi connectivity index (χ0n) is 10.4. The van der Waals surface area contributed by atoms with E-state index in [0.717, 1.165) is 17.5 Å². The maximum absolute atomic E-state index is 6.07. The van der Waals surface area contributed by atoms with Gasteiger partial charge in [0, 0.05) is 5.56 Å². The van der Waals surface area contributed by atoms with E-state index in [1.54, 1.807) is 0 Å². The van der Waals surface area contributed by atoms with E-state index in [4.69, 9.17) is 10.3 Å². The number of aryl methyl sites for hydroxylation is 1. The van der Waals surface area contributed by atoms with E-state index < -0.39 is 5.54 Å². The van der Waals surface area contributed by atoms with Crippen molar-refractivity contribution < 1.29 is 4.52 Å². The van der Waals surface area contributed by atoms with Crippen molar-refractivity contribution in [2.45, 2.75) is 32.7 Å². The van der Waals surface area contributed by atoms with Crippen LogP contribution in [0.2, 0.25) is 0 Å². The third-order valence-electron chi connectivity index (χ3n) is 2.94. The minimum atomic E-state index is -0.536. The first kappa shape index (κ1) is 11.8. The topological polar surface area (TPSA) is 64.9 Å². The maximum atomic E-state index is 6.07. The average Bonchev–Trinajstić information content (AvgIpc) is 2.79. The van der Waals surface area contributed by atoms with Gasteiger partial charge in [-0.25, -0.2) is 0 Å². The van der Waals surface area contributed by atoms with Crippen molar-refractivity contribution in [2.24, 2.45) is 5.73 Å². The van der Waals surface area contributed by atoms with Gasteiger partial charge in [0.05, 0.1) is 5.54 Å². The summed E-state index contributed by atoms with van der Waals surface area (Å²) >= 11 is 0. The Labute approximate surface area is 101 Å². The second-order valence-corrected chi connectivity index (χ2v) is 4.56. The van der Waals surface area contributed by atoms with E-state index in [1.165, 1.54) is 0 Å². The Bertz CT molecular complexity index is 517. The average molecular weight is 231 g/mol. The summed E-state index contributed by atoms with van der Waals surface area (Å²) in [5, 5.41) is 3.95. The van der Waals surface area contributed by atoms with Crippen LogP contribution in [0.5, 0.6) is 0 Å². The predicted octanol–water partition coefficient (Wildman–Crippen LogP) is 2.63. The lowest BCUT2D eigenvalue weighted by Gasteiger charge is -2.16. The second-order valence-electron chi connectivity index (χ2n) is 4.56. The SMILES string of the molecule is CCC(C)(N)c1noc(-c2cccc(C)c2)n1. The minimum Gasteiger partial charge on any atom is -0.334 e. The molecule has 0 aliphatic carbocycles. The third kappa shape index (κ3) is 2.36. The van der Waals surface area contributed by atoms with Gasteiger partial charge in [-0.3, -0.25) is 0 Å². The minimum absolute atomic E-state index is 0.522. The number of rotatable bonds is 3. The lowest BCUT2D eigenvalue weighted by atomic mass is 10.00. The summed E-state index contributed by atoms with van der Waals surface area (Å²) in [7, 11) is 0. The van der Waals surface area contributed by atoms with Gasteiger partial charge >= 0.3 is 0 Å². The van der Waals surface area contributed by atoms with E-state index in [0.29, 0.717) is 11.7 Å². The van der Waals surface area contributed by atoms with Crippen LogP contribution in [0.25, 0.3) is 11.5 Å². The molecule has 1 atom stereocenters. The fourth-order valence-corrected chi connectivity index (χ4v) is 1.51. The highest BCUT2D eigenvalue weighted by atomic mass is 16.5. The van der Waals surface area contributed by atoms with Gasteiger partial charge in [0.1, 0.15) is 0 Å². The smallest absolute Gasteiger partial charge is 0.257 e. The Kier molecular flexibility index (Phi) is 2.98. The quantitative estimate of drug-likeness (QED) is 0.881. The van der Waals surface area contributed by atoms with Gasteiger partial charge in [-0.15, -0.1) is 0 Å². The van der Waals surface area contributed by atoms with Crippen LogP contribution in [0.1, 0.15) is 31.7 Å². The number of aromatic nitrogens is 2. The standard InChI is InChI=1S/C13H17N3O/c1-4-13(3,14)12-15-11(17-16-12)10-7-5-6-9(2)8-10/h5-8H,4,14H2,1-3H3. The first-order chi connectivity index (χ1) is 8.03. The van der Waals surface area contributed by atoms with E-state index >= 15 is 0 Å². The zero-order valence-corrected chi connectivity index (χ0v) is 10.4. The van der Waals surface area contributed by atoms with Gasteiger partial charge in [0.25, 0.3) is 5.89 Å².